The molecule has 0 aliphatic heterocycles. The smallest absolute Gasteiger partial charge is 0.491 e. The molecule has 13 heteroatoms. The molecule has 0 saturated carbocycles. The Bertz CT molecular complexity index is 1770. The Kier molecular flexibility index (Phi) is 6.71. The average molecular weight is 552 g/mol. The topological polar surface area (TPSA) is 129 Å². The number of hydrogen-bond acceptors (Lipinski definition) is 8. The molecule has 40 heavy (non-hydrogen) atoms. The number of hydrogen-bond donors (Lipinski definition) is 1. The maximum atomic E-state index is 12.8. The summed E-state index contributed by atoms with van der Waals surface area (Å²) < 4.78 is 53.9. The van der Waals surface area contributed by atoms with E-state index in [9.17, 15) is 28.1 Å². The van der Waals surface area contributed by atoms with Gasteiger partial charge in [0.05, 0.1) is 41.5 Å². The third-order valence-corrected chi connectivity index (χ3v) is 6.17. The third kappa shape index (κ3) is 4.84. The lowest BCUT2D eigenvalue weighted by atomic mass is 9.97. The summed E-state index contributed by atoms with van der Waals surface area (Å²) >= 11 is 0. The van der Waals surface area contributed by atoms with E-state index >= 15 is 0 Å². The van der Waals surface area contributed by atoms with Crippen molar-refractivity contribution in [3.63, 3.8) is 0 Å². The first kappa shape index (κ1) is 26.4. The molecule has 0 aliphatic rings. The van der Waals surface area contributed by atoms with E-state index in [1.807, 2.05) is 30.3 Å². The van der Waals surface area contributed by atoms with Crippen molar-refractivity contribution < 1.29 is 37.1 Å². The minimum absolute atomic E-state index is 0.0231. The molecular formula is C27H19F3N4O6. The number of esters is 1. The zero-order valence-electron chi connectivity index (χ0n) is 20.9. The van der Waals surface area contributed by atoms with Crippen molar-refractivity contribution in [1.82, 2.24) is 15.2 Å². The zero-order valence-corrected chi connectivity index (χ0v) is 20.9. The molecule has 5 rings (SSSR count). The number of carbonyl (C=O) groups excluding carboxylic acids is 1. The summed E-state index contributed by atoms with van der Waals surface area (Å²) in [5, 5.41) is 20.8. The molecule has 0 fully saturated rings. The Morgan fingerprint density at radius 2 is 1.68 bits per heavy atom. The lowest BCUT2D eigenvalue weighted by Gasteiger charge is -2.14. The number of aromatic nitrogens is 3. The molecule has 0 bridgehead atoms. The number of nitro benzene ring substituents is 1. The van der Waals surface area contributed by atoms with Crippen molar-refractivity contribution in [3.8, 4) is 28.5 Å². The Morgan fingerprint density at radius 3 is 2.30 bits per heavy atom. The Labute approximate surface area is 223 Å². The van der Waals surface area contributed by atoms with E-state index in [1.165, 1.54) is 14.2 Å². The number of H-pyrrole nitrogens is 1. The fraction of sp³-hybridized carbons (Fsp3) is 0.148. The van der Waals surface area contributed by atoms with Crippen LogP contribution in [0.15, 0.2) is 60.7 Å². The maximum Gasteiger partial charge on any atom is 0.491 e. The van der Waals surface area contributed by atoms with Gasteiger partial charge < -0.3 is 14.2 Å². The highest BCUT2D eigenvalue weighted by atomic mass is 19.4. The molecule has 10 nitrogen and oxygen atoms in total. The molecule has 0 spiro atoms. The molecule has 0 saturated heterocycles. The van der Waals surface area contributed by atoms with Gasteiger partial charge in [-0.2, -0.15) is 18.3 Å². The second-order valence-corrected chi connectivity index (χ2v) is 8.59. The molecule has 2 heterocycles. The van der Waals surface area contributed by atoms with E-state index in [0.717, 1.165) is 23.8 Å². The van der Waals surface area contributed by atoms with Crippen LogP contribution in [0.2, 0.25) is 0 Å². The van der Waals surface area contributed by atoms with Gasteiger partial charge in [-0.3, -0.25) is 15.2 Å². The number of methoxy groups -OCH3 is 2. The van der Waals surface area contributed by atoms with Crippen LogP contribution in [0.5, 0.6) is 17.2 Å². The van der Waals surface area contributed by atoms with Crippen molar-refractivity contribution in [2.24, 2.45) is 0 Å². The van der Waals surface area contributed by atoms with Gasteiger partial charge in [-0.1, -0.05) is 30.3 Å². The quantitative estimate of drug-likeness (QED) is 0.117. The molecule has 3 aromatic carbocycles. The number of aromatic amines is 1. The predicted molar refractivity (Wildman–Crippen MR) is 138 cm³/mol. The Balaban J connectivity index is 1.79. The van der Waals surface area contributed by atoms with Crippen molar-refractivity contribution in [2.75, 3.05) is 14.2 Å². The first-order valence-corrected chi connectivity index (χ1v) is 11.6. The molecule has 0 radical (unpaired) electrons. The fourth-order valence-corrected chi connectivity index (χ4v) is 4.40. The fourth-order valence-electron chi connectivity index (χ4n) is 4.40. The SMILES string of the molecule is COc1cc2c(-c3cc(OC(=O)C(F)(F)F)ccc3[N+](=O)[O-])nc3[nH]nc(Cc4ccccc4)c3c2cc1OC. The molecule has 5 aromatic rings. The first-order chi connectivity index (χ1) is 19.1. The van der Waals surface area contributed by atoms with Crippen molar-refractivity contribution in [1.29, 1.82) is 0 Å². The van der Waals surface area contributed by atoms with Crippen LogP contribution < -0.4 is 14.2 Å². The number of halogens is 3. The van der Waals surface area contributed by atoms with Gasteiger partial charge in [-0.25, -0.2) is 9.78 Å². The second-order valence-electron chi connectivity index (χ2n) is 8.59. The first-order valence-electron chi connectivity index (χ1n) is 11.6. The van der Waals surface area contributed by atoms with Crippen molar-refractivity contribution in [2.45, 2.75) is 12.6 Å². The van der Waals surface area contributed by atoms with Crippen molar-refractivity contribution >= 4 is 33.5 Å². The molecule has 1 N–H and O–H groups in total. The summed E-state index contributed by atoms with van der Waals surface area (Å²) in [6.45, 7) is 0. The van der Waals surface area contributed by atoms with Crippen LogP contribution in [0.25, 0.3) is 33.1 Å². The number of carbonyl (C=O) groups is 1. The number of nitro groups is 1. The number of alkyl halides is 3. The second kappa shape index (κ2) is 10.2. The van der Waals surface area contributed by atoms with E-state index in [1.54, 1.807) is 12.1 Å². The number of rotatable bonds is 7. The Morgan fingerprint density at radius 1 is 1.00 bits per heavy atom. The summed E-state index contributed by atoms with van der Waals surface area (Å²) in [7, 11) is 2.86. The molecule has 0 aliphatic carbocycles. The summed E-state index contributed by atoms with van der Waals surface area (Å²) in [5.41, 5.74) is 1.25. The van der Waals surface area contributed by atoms with Gasteiger partial charge >= 0.3 is 12.1 Å². The standard InChI is InChI=1S/C27H19F3N4O6/c1-38-21-12-16-17(13-22(21)39-2)24(31-25-23(16)19(32-33-25)10-14-6-4-3-5-7-14)18-11-15(8-9-20(18)34(36)37)40-26(35)27(28,29)30/h3-9,11-13H,10H2,1-2H3,(H,31,32,33). The highest BCUT2D eigenvalue weighted by Crippen LogP contribution is 2.43. The normalized spacial score (nSPS) is 11.5. The number of nitrogens with zero attached hydrogens (tertiary/aromatic N) is 3. The number of ether oxygens (including phenoxy) is 3. The lowest BCUT2D eigenvalue weighted by Crippen LogP contribution is -2.27. The van der Waals surface area contributed by atoms with Gasteiger partial charge in [-0.15, -0.1) is 0 Å². The third-order valence-electron chi connectivity index (χ3n) is 6.17. The number of benzene rings is 3. The predicted octanol–water partition coefficient (Wildman–Crippen LogP) is 5.76. The summed E-state index contributed by atoms with van der Waals surface area (Å²) in [6, 6.07) is 15.6. The number of fused-ring (bicyclic) bond motifs is 3. The Hall–Kier alpha value is -5.20. The van der Waals surface area contributed by atoms with Crippen molar-refractivity contribution in [3.05, 3.63) is 82.0 Å². The van der Waals surface area contributed by atoms with Gasteiger partial charge in [-0.05, 0) is 29.8 Å². The monoisotopic (exact) mass is 552 g/mol. The van der Waals surface area contributed by atoms with Crippen LogP contribution in [0.4, 0.5) is 18.9 Å². The van der Waals surface area contributed by atoms with Gasteiger partial charge in [0.2, 0.25) is 0 Å². The van der Waals surface area contributed by atoms with E-state index < -0.39 is 28.5 Å². The largest absolute Gasteiger partial charge is 0.493 e. The maximum absolute atomic E-state index is 12.8. The lowest BCUT2D eigenvalue weighted by molar-refractivity contribution is -0.384. The van der Waals surface area contributed by atoms with Crippen LogP contribution in [-0.4, -0.2) is 46.5 Å². The molecule has 0 amide bonds. The highest BCUT2D eigenvalue weighted by Gasteiger charge is 2.41. The molecule has 0 unspecified atom stereocenters. The van der Waals surface area contributed by atoms with Crippen LogP contribution in [0.1, 0.15) is 11.3 Å². The van der Waals surface area contributed by atoms with Crippen LogP contribution in [-0.2, 0) is 11.2 Å². The van der Waals surface area contributed by atoms with Gasteiger partial charge in [0, 0.05) is 23.3 Å². The van der Waals surface area contributed by atoms with Crippen LogP contribution >= 0.6 is 0 Å². The van der Waals surface area contributed by atoms with E-state index in [-0.39, 0.29) is 22.7 Å². The van der Waals surface area contributed by atoms with E-state index in [0.29, 0.717) is 34.0 Å². The van der Waals surface area contributed by atoms with Gasteiger partial charge in [0.1, 0.15) is 5.75 Å². The van der Waals surface area contributed by atoms with Crippen LogP contribution in [0.3, 0.4) is 0 Å². The van der Waals surface area contributed by atoms with E-state index in [2.05, 4.69) is 19.9 Å². The summed E-state index contributed by atoms with van der Waals surface area (Å²) in [6.07, 6.45) is -4.82. The van der Waals surface area contributed by atoms with Gasteiger partial charge in [0.25, 0.3) is 5.69 Å². The minimum Gasteiger partial charge on any atom is -0.493 e. The van der Waals surface area contributed by atoms with E-state index in [4.69, 9.17) is 9.47 Å². The molecule has 204 valence electrons. The number of nitrogens with one attached hydrogen (secondary N) is 1. The molecular weight excluding hydrogens is 533 g/mol. The summed E-state index contributed by atoms with van der Waals surface area (Å²) in [5.74, 6) is -2.37. The average Bonchev–Trinajstić information content (AvgIpc) is 3.34. The zero-order chi connectivity index (χ0) is 28.6. The molecule has 0 atom stereocenters. The minimum atomic E-state index is -5.26. The molecule has 2 aromatic heterocycles. The highest BCUT2D eigenvalue weighted by molar-refractivity contribution is 6.13. The van der Waals surface area contributed by atoms with Gasteiger partial charge in [0.15, 0.2) is 17.1 Å². The van der Waals surface area contributed by atoms with Crippen LogP contribution in [0, 0.1) is 10.1 Å². The number of pyridine rings is 1. The summed E-state index contributed by atoms with van der Waals surface area (Å²) in [4.78, 5) is 27.3.